The molecule has 0 radical (unpaired) electrons. The minimum Gasteiger partial charge on any atom is -0.495 e. The molecule has 1 aromatic carbocycles. The lowest BCUT2D eigenvalue weighted by Gasteiger charge is -2.27. The summed E-state index contributed by atoms with van der Waals surface area (Å²) >= 11 is 0. The third-order valence-electron chi connectivity index (χ3n) is 4.06. The molecule has 110 valence electrons. The maximum Gasteiger partial charge on any atom is 0.232 e. The van der Waals surface area contributed by atoms with Crippen molar-refractivity contribution in [3.63, 3.8) is 0 Å². The second kappa shape index (κ2) is 6.27. The summed E-state index contributed by atoms with van der Waals surface area (Å²) in [6.07, 6.45) is 2.83. The molecule has 4 nitrogen and oxygen atoms in total. The molecule has 1 heterocycles. The van der Waals surface area contributed by atoms with E-state index in [2.05, 4.69) is 17.6 Å². The second-order valence-electron chi connectivity index (χ2n) is 5.61. The van der Waals surface area contributed by atoms with E-state index in [1.54, 1.807) is 7.11 Å². The summed E-state index contributed by atoms with van der Waals surface area (Å²) in [4.78, 5) is 12.7. The fourth-order valence-electron chi connectivity index (χ4n) is 2.90. The Morgan fingerprint density at radius 1 is 1.50 bits per heavy atom. The van der Waals surface area contributed by atoms with Gasteiger partial charge in [0.1, 0.15) is 5.75 Å². The molecule has 1 amide bonds. The van der Waals surface area contributed by atoms with Crippen LogP contribution < -0.4 is 15.4 Å². The van der Waals surface area contributed by atoms with Gasteiger partial charge in [-0.2, -0.15) is 0 Å². The quantitative estimate of drug-likeness (QED) is 0.869. The number of carbonyl (C=O) groups excluding carboxylic acids is 1. The van der Waals surface area contributed by atoms with Gasteiger partial charge in [-0.25, -0.2) is 0 Å². The number of methoxy groups -OCH3 is 1. The van der Waals surface area contributed by atoms with Crippen molar-refractivity contribution >= 4 is 11.6 Å². The van der Waals surface area contributed by atoms with E-state index in [0.29, 0.717) is 0 Å². The number of rotatable bonds is 5. The van der Waals surface area contributed by atoms with Gasteiger partial charge in [0, 0.05) is 6.54 Å². The summed E-state index contributed by atoms with van der Waals surface area (Å²) in [7, 11) is 1.63. The first-order valence-electron chi connectivity index (χ1n) is 7.28. The zero-order valence-corrected chi connectivity index (χ0v) is 12.6. The van der Waals surface area contributed by atoms with Crippen LogP contribution in [0.2, 0.25) is 0 Å². The Morgan fingerprint density at radius 3 is 2.90 bits per heavy atom. The van der Waals surface area contributed by atoms with Gasteiger partial charge in [-0.1, -0.05) is 19.4 Å². The Kier molecular flexibility index (Phi) is 4.65. The van der Waals surface area contributed by atoms with Crippen molar-refractivity contribution in [1.82, 2.24) is 5.32 Å². The highest BCUT2D eigenvalue weighted by molar-refractivity contribution is 5.97. The predicted molar refractivity (Wildman–Crippen MR) is 81.2 cm³/mol. The summed E-state index contributed by atoms with van der Waals surface area (Å²) in [5, 5.41) is 6.36. The number of nitrogens with one attached hydrogen (secondary N) is 2. The zero-order chi connectivity index (χ0) is 14.6. The van der Waals surface area contributed by atoms with Crippen molar-refractivity contribution in [3.05, 3.63) is 23.8 Å². The molecular weight excluding hydrogens is 252 g/mol. The van der Waals surface area contributed by atoms with E-state index in [9.17, 15) is 4.79 Å². The van der Waals surface area contributed by atoms with E-state index in [-0.39, 0.29) is 11.3 Å². The molecule has 1 unspecified atom stereocenters. The zero-order valence-electron chi connectivity index (χ0n) is 12.6. The van der Waals surface area contributed by atoms with E-state index in [4.69, 9.17) is 4.74 Å². The van der Waals surface area contributed by atoms with Gasteiger partial charge in [0.15, 0.2) is 0 Å². The Balaban J connectivity index is 2.18. The fourth-order valence-corrected chi connectivity index (χ4v) is 2.90. The molecule has 1 fully saturated rings. The van der Waals surface area contributed by atoms with E-state index in [1.165, 1.54) is 0 Å². The molecule has 1 aliphatic rings. The summed E-state index contributed by atoms with van der Waals surface area (Å²) in [5.41, 5.74) is 1.60. The van der Waals surface area contributed by atoms with Gasteiger partial charge in [0.25, 0.3) is 0 Å². The van der Waals surface area contributed by atoms with Crippen molar-refractivity contribution in [2.75, 3.05) is 25.5 Å². The second-order valence-corrected chi connectivity index (χ2v) is 5.61. The molecule has 2 N–H and O–H groups in total. The SMILES string of the molecule is CCCC1(C(=O)Nc2ccc(C)cc2OC)CCNC1. The molecule has 0 bridgehead atoms. The predicted octanol–water partition coefficient (Wildman–Crippen LogP) is 2.72. The van der Waals surface area contributed by atoms with Crippen molar-refractivity contribution in [2.24, 2.45) is 5.41 Å². The van der Waals surface area contributed by atoms with Gasteiger partial charge in [-0.05, 0) is 44.0 Å². The fraction of sp³-hybridized carbons (Fsp3) is 0.562. The molecule has 1 aliphatic heterocycles. The monoisotopic (exact) mass is 276 g/mol. The molecule has 0 aliphatic carbocycles. The molecule has 2 rings (SSSR count). The average Bonchev–Trinajstić information content (AvgIpc) is 2.91. The van der Waals surface area contributed by atoms with Gasteiger partial charge >= 0.3 is 0 Å². The normalized spacial score (nSPS) is 21.8. The van der Waals surface area contributed by atoms with Gasteiger partial charge in [0.05, 0.1) is 18.2 Å². The van der Waals surface area contributed by atoms with Crippen LogP contribution in [0.1, 0.15) is 31.7 Å². The van der Waals surface area contributed by atoms with Gasteiger partial charge in [0.2, 0.25) is 5.91 Å². The number of hydrogen-bond acceptors (Lipinski definition) is 3. The molecule has 1 aromatic rings. The van der Waals surface area contributed by atoms with Crippen LogP contribution in [0.5, 0.6) is 5.75 Å². The van der Waals surface area contributed by atoms with Gasteiger partial charge in [-0.3, -0.25) is 4.79 Å². The summed E-state index contributed by atoms with van der Waals surface area (Å²) in [6, 6.07) is 5.83. The molecule has 4 heteroatoms. The van der Waals surface area contributed by atoms with E-state index >= 15 is 0 Å². The third kappa shape index (κ3) is 2.96. The first kappa shape index (κ1) is 14.9. The molecule has 1 atom stereocenters. The van der Waals surface area contributed by atoms with Crippen LogP contribution in [-0.4, -0.2) is 26.1 Å². The molecule has 0 spiro atoms. The van der Waals surface area contributed by atoms with Crippen LogP contribution in [0, 0.1) is 12.3 Å². The first-order chi connectivity index (χ1) is 9.61. The molecule has 1 saturated heterocycles. The minimum absolute atomic E-state index is 0.103. The lowest BCUT2D eigenvalue weighted by molar-refractivity contribution is -0.125. The van der Waals surface area contributed by atoms with Crippen molar-refractivity contribution in [2.45, 2.75) is 33.1 Å². The summed E-state index contributed by atoms with van der Waals surface area (Å²) in [6.45, 7) is 5.81. The highest BCUT2D eigenvalue weighted by Crippen LogP contribution is 2.34. The number of aryl methyl sites for hydroxylation is 1. The van der Waals surface area contributed by atoms with Crippen LogP contribution in [-0.2, 0) is 4.79 Å². The van der Waals surface area contributed by atoms with Crippen molar-refractivity contribution in [1.29, 1.82) is 0 Å². The van der Waals surface area contributed by atoms with Crippen LogP contribution in [0.15, 0.2) is 18.2 Å². The summed E-state index contributed by atoms with van der Waals surface area (Å²) in [5.74, 6) is 0.822. The average molecular weight is 276 g/mol. The number of ether oxygens (including phenoxy) is 1. The van der Waals surface area contributed by atoms with E-state index in [1.807, 2.05) is 25.1 Å². The lowest BCUT2D eigenvalue weighted by atomic mass is 9.81. The Morgan fingerprint density at radius 2 is 2.30 bits per heavy atom. The largest absolute Gasteiger partial charge is 0.495 e. The maximum atomic E-state index is 12.7. The molecule has 0 saturated carbocycles. The lowest BCUT2D eigenvalue weighted by Crippen LogP contribution is -2.38. The number of anilines is 1. The Labute approximate surface area is 120 Å². The highest BCUT2D eigenvalue weighted by atomic mass is 16.5. The van der Waals surface area contributed by atoms with Crippen LogP contribution >= 0.6 is 0 Å². The van der Waals surface area contributed by atoms with E-state index < -0.39 is 0 Å². The van der Waals surface area contributed by atoms with Crippen LogP contribution in [0.25, 0.3) is 0 Å². The topological polar surface area (TPSA) is 50.4 Å². The van der Waals surface area contributed by atoms with Crippen LogP contribution in [0.3, 0.4) is 0 Å². The molecule has 20 heavy (non-hydrogen) atoms. The van der Waals surface area contributed by atoms with E-state index in [0.717, 1.165) is 49.4 Å². The molecular formula is C16H24N2O2. The van der Waals surface area contributed by atoms with Gasteiger partial charge in [-0.15, -0.1) is 0 Å². The maximum absolute atomic E-state index is 12.7. The number of amides is 1. The highest BCUT2D eigenvalue weighted by Gasteiger charge is 2.40. The van der Waals surface area contributed by atoms with Crippen LogP contribution in [0.4, 0.5) is 5.69 Å². The van der Waals surface area contributed by atoms with Gasteiger partial charge < -0.3 is 15.4 Å². The number of carbonyl (C=O) groups is 1. The molecule has 0 aromatic heterocycles. The Hall–Kier alpha value is -1.55. The third-order valence-corrected chi connectivity index (χ3v) is 4.06. The van der Waals surface area contributed by atoms with Crippen molar-refractivity contribution in [3.8, 4) is 5.75 Å². The standard InChI is InChI=1S/C16H24N2O2/c1-4-7-16(8-9-17-11-16)15(19)18-13-6-5-12(2)10-14(13)20-3/h5-6,10,17H,4,7-9,11H2,1-3H3,(H,18,19). The number of hydrogen-bond donors (Lipinski definition) is 2. The smallest absolute Gasteiger partial charge is 0.232 e. The van der Waals surface area contributed by atoms with Crippen molar-refractivity contribution < 1.29 is 9.53 Å². The minimum atomic E-state index is -0.273. The first-order valence-corrected chi connectivity index (χ1v) is 7.28. The summed E-state index contributed by atoms with van der Waals surface area (Å²) < 4.78 is 5.35. The number of benzene rings is 1. The Bertz CT molecular complexity index is 479.